The highest BCUT2D eigenvalue weighted by atomic mass is 16.6. The van der Waals surface area contributed by atoms with E-state index in [1.54, 1.807) is 0 Å². The molecule has 98 valence electrons. The number of ether oxygens (including phenoxy) is 2. The van der Waals surface area contributed by atoms with Crippen molar-refractivity contribution in [1.29, 1.82) is 0 Å². The highest BCUT2D eigenvalue weighted by Crippen LogP contribution is 2.33. The van der Waals surface area contributed by atoms with Crippen LogP contribution in [0.3, 0.4) is 0 Å². The van der Waals surface area contributed by atoms with Crippen LogP contribution in [-0.4, -0.2) is 57.9 Å². The average molecular weight is 248 g/mol. The lowest BCUT2D eigenvalue weighted by Crippen LogP contribution is -2.29. The first-order chi connectivity index (χ1) is 7.94. The zero-order chi connectivity index (χ0) is 13.1. The first kappa shape index (κ1) is 13.8. The molecular formula is C10H16O7. The van der Waals surface area contributed by atoms with E-state index in [-0.39, 0.29) is 19.6 Å². The molecule has 7 heteroatoms. The van der Waals surface area contributed by atoms with Gasteiger partial charge in [0, 0.05) is 13.0 Å². The molecule has 1 aliphatic heterocycles. The van der Waals surface area contributed by atoms with Crippen molar-refractivity contribution in [3.8, 4) is 0 Å². The molecule has 1 aliphatic rings. The van der Waals surface area contributed by atoms with Crippen LogP contribution in [0.25, 0.3) is 0 Å². The number of cyclic esters (lactones) is 1. The number of hydrogen-bond donors (Lipinski definition) is 4. The first-order valence-electron chi connectivity index (χ1n) is 5.14. The van der Waals surface area contributed by atoms with Crippen LogP contribution in [0.4, 0.5) is 0 Å². The Labute approximate surface area is 97.9 Å². The molecule has 1 rings (SSSR count). The third kappa shape index (κ3) is 2.87. The van der Waals surface area contributed by atoms with Crippen molar-refractivity contribution in [2.45, 2.75) is 25.0 Å². The summed E-state index contributed by atoms with van der Waals surface area (Å²) in [6.07, 6.45) is -1.10. The highest BCUT2D eigenvalue weighted by Gasteiger charge is 2.45. The summed E-state index contributed by atoms with van der Waals surface area (Å²) in [4.78, 5) is 11.4. The number of carbonyl (C=O) groups excluding carboxylic acids is 1. The number of hydrogen-bond acceptors (Lipinski definition) is 7. The first-order valence-corrected chi connectivity index (χ1v) is 5.14. The van der Waals surface area contributed by atoms with Crippen molar-refractivity contribution in [2.75, 3.05) is 19.8 Å². The second kappa shape index (κ2) is 5.35. The van der Waals surface area contributed by atoms with Gasteiger partial charge in [0.25, 0.3) is 0 Å². The predicted octanol–water partition coefficient (Wildman–Crippen LogP) is -1.18. The predicted molar refractivity (Wildman–Crippen MR) is 54.9 cm³/mol. The van der Waals surface area contributed by atoms with Gasteiger partial charge < -0.3 is 29.9 Å². The number of esters is 1. The molecule has 0 saturated heterocycles. The van der Waals surface area contributed by atoms with Crippen LogP contribution in [0.2, 0.25) is 0 Å². The van der Waals surface area contributed by atoms with E-state index in [1.165, 1.54) is 6.92 Å². The van der Waals surface area contributed by atoms with E-state index in [4.69, 9.17) is 24.8 Å². The third-order valence-electron chi connectivity index (χ3n) is 2.44. The molecule has 0 aromatic rings. The van der Waals surface area contributed by atoms with Crippen molar-refractivity contribution in [3.63, 3.8) is 0 Å². The second-order valence-electron chi connectivity index (χ2n) is 3.92. The van der Waals surface area contributed by atoms with Gasteiger partial charge in [0.15, 0.2) is 11.4 Å². The molecule has 1 heterocycles. The van der Waals surface area contributed by atoms with Gasteiger partial charge >= 0.3 is 5.97 Å². The van der Waals surface area contributed by atoms with Crippen molar-refractivity contribution >= 4 is 5.97 Å². The Morgan fingerprint density at radius 1 is 1.47 bits per heavy atom. The van der Waals surface area contributed by atoms with Crippen LogP contribution in [-0.2, 0) is 14.3 Å². The van der Waals surface area contributed by atoms with Crippen molar-refractivity contribution in [2.24, 2.45) is 0 Å². The molecular weight excluding hydrogens is 232 g/mol. The monoisotopic (exact) mass is 248 g/mol. The molecule has 0 bridgehead atoms. The number of rotatable bonds is 6. The van der Waals surface area contributed by atoms with E-state index in [9.17, 15) is 9.90 Å². The number of aliphatic hydroxyl groups is 4. The van der Waals surface area contributed by atoms with Crippen LogP contribution in [0.5, 0.6) is 0 Å². The summed E-state index contributed by atoms with van der Waals surface area (Å²) in [6, 6.07) is 0. The van der Waals surface area contributed by atoms with Gasteiger partial charge in [0.2, 0.25) is 5.76 Å². The quantitative estimate of drug-likeness (QED) is 0.437. The lowest BCUT2D eigenvalue weighted by molar-refractivity contribution is -0.150. The fourth-order valence-electron chi connectivity index (χ4n) is 1.38. The van der Waals surface area contributed by atoms with E-state index in [1.807, 2.05) is 0 Å². The Hall–Kier alpha value is -1.31. The van der Waals surface area contributed by atoms with Gasteiger partial charge in [-0.25, -0.2) is 4.79 Å². The van der Waals surface area contributed by atoms with Gasteiger partial charge in [-0.3, -0.25) is 0 Å². The van der Waals surface area contributed by atoms with Gasteiger partial charge in [-0.15, -0.1) is 0 Å². The van der Waals surface area contributed by atoms with Crippen molar-refractivity contribution in [3.05, 3.63) is 11.5 Å². The molecule has 0 fully saturated rings. The normalized spacial score (nSPS) is 26.0. The molecule has 0 spiro atoms. The van der Waals surface area contributed by atoms with Crippen LogP contribution >= 0.6 is 0 Å². The molecule has 0 aliphatic carbocycles. The van der Waals surface area contributed by atoms with E-state index >= 15 is 0 Å². The molecule has 7 nitrogen and oxygen atoms in total. The molecule has 0 aromatic carbocycles. The largest absolute Gasteiger partial charge is 0.505 e. The lowest BCUT2D eigenvalue weighted by atomic mass is 10.0. The zero-order valence-electron chi connectivity index (χ0n) is 9.42. The average Bonchev–Trinajstić information content (AvgIpc) is 2.48. The molecule has 4 N–H and O–H groups in total. The smallest absolute Gasteiger partial charge is 0.378 e. The summed E-state index contributed by atoms with van der Waals surface area (Å²) < 4.78 is 9.77. The summed E-state index contributed by atoms with van der Waals surface area (Å²) in [5.74, 6) is -1.67. The van der Waals surface area contributed by atoms with Crippen molar-refractivity contribution < 1.29 is 34.7 Å². The molecule has 2 unspecified atom stereocenters. The summed E-state index contributed by atoms with van der Waals surface area (Å²) in [6.45, 7) is 0.326. The minimum Gasteiger partial charge on any atom is -0.505 e. The van der Waals surface area contributed by atoms with E-state index in [0.29, 0.717) is 0 Å². The van der Waals surface area contributed by atoms with Gasteiger partial charge in [-0.1, -0.05) is 0 Å². The van der Waals surface area contributed by atoms with Crippen LogP contribution < -0.4 is 0 Å². The molecule has 0 amide bonds. The standard InChI is InChI=1S/C10H16O7/c1-10(2-3-11)8(14)7(9(15)17-10)16-5-6(13)4-12/h6,11-14H,2-5H2,1H3. The summed E-state index contributed by atoms with van der Waals surface area (Å²) in [5.41, 5.74) is -1.30. The summed E-state index contributed by atoms with van der Waals surface area (Å²) in [5, 5.41) is 36.2. The lowest BCUT2D eigenvalue weighted by Gasteiger charge is -2.21. The van der Waals surface area contributed by atoms with Crippen LogP contribution in [0.1, 0.15) is 13.3 Å². The Kier molecular flexibility index (Phi) is 4.33. The summed E-state index contributed by atoms with van der Waals surface area (Å²) in [7, 11) is 0. The van der Waals surface area contributed by atoms with Crippen molar-refractivity contribution in [1.82, 2.24) is 0 Å². The number of carbonyl (C=O) groups is 1. The molecule has 0 radical (unpaired) electrons. The van der Waals surface area contributed by atoms with E-state index in [2.05, 4.69) is 0 Å². The van der Waals surface area contributed by atoms with Gasteiger partial charge in [0.05, 0.1) is 6.61 Å². The number of aliphatic hydroxyl groups excluding tert-OH is 4. The fourth-order valence-corrected chi connectivity index (χ4v) is 1.38. The van der Waals surface area contributed by atoms with E-state index < -0.39 is 35.8 Å². The second-order valence-corrected chi connectivity index (χ2v) is 3.92. The Bertz CT molecular complexity index is 325. The van der Waals surface area contributed by atoms with Gasteiger partial charge in [-0.2, -0.15) is 0 Å². The fraction of sp³-hybridized carbons (Fsp3) is 0.700. The summed E-state index contributed by atoms with van der Waals surface area (Å²) >= 11 is 0. The molecule has 0 aromatic heterocycles. The third-order valence-corrected chi connectivity index (χ3v) is 2.44. The van der Waals surface area contributed by atoms with E-state index in [0.717, 1.165) is 0 Å². The topological polar surface area (TPSA) is 116 Å². The maximum absolute atomic E-state index is 11.4. The van der Waals surface area contributed by atoms with Gasteiger partial charge in [0.1, 0.15) is 12.7 Å². The molecule has 0 saturated carbocycles. The molecule has 2 atom stereocenters. The minimum atomic E-state index is -1.30. The molecule has 17 heavy (non-hydrogen) atoms. The Morgan fingerprint density at radius 2 is 2.12 bits per heavy atom. The van der Waals surface area contributed by atoms with Crippen LogP contribution in [0.15, 0.2) is 11.5 Å². The maximum atomic E-state index is 11.4. The zero-order valence-corrected chi connectivity index (χ0v) is 9.42. The minimum absolute atomic E-state index is 0.0417. The maximum Gasteiger partial charge on any atom is 0.378 e. The highest BCUT2D eigenvalue weighted by molar-refractivity contribution is 5.90. The van der Waals surface area contributed by atoms with Gasteiger partial charge in [-0.05, 0) is 6.92 Å². The van der Waals surface area contributed by atoms with Crippen LogP contribution in [0, 0.1) is 0 Å². The Morgan fingerprint density at radius 3 is 2.65 bits per heavy atom. The SMILES string of the molecule is CC1(CCO)OC(=O)C(OCC(O)CO)=C1O. The Balaban J connectivity index is 2.75.